The molecule has 3 heteroatoms. The fourth-order valence-corrected chi connectivity index (χ4v) is 2.44. The molecule has 0 aliphatic rings. The Bertz CT molecular complexity index is 381. The van der Waals surface area contributed by atoms with E-state index < -0.39 is 0 Å². The fraction of sp³-hybridized carbons (Fsp3) is 0.625. The van der Waals surface area contributed by atoms with E-state index in [0.29, 0.717) is 0 Å². The molecule has 0 radical (unpaired) electrons. The van der Waals surface area contributed by atoms with Gasteiger partial charge in [0.15, 0.2) is 0 Å². The standard InChI is InChI=1S/C16H26ClNO/c1-5-7-12(3)19-14-8-9-15(16(17)11-14)13(4)18-10-6-2/h8-9,11-13,18H,5-7,10H2,1-4H3. The van der Waals surface area contributed by atoms with Crippen LogP contribution in [0.2, 0.25) is 5.02 Å². The molecule has 0 fully saturated rings. The molecule has 0 aliphatic carbocycles. The summed E-state index contributed by atoms with van der Waals surface area (Å²) in [5.74, 6) is 0.859. The number of hydrogen-bond acceptors (Lipinski definition) is 2. The minimum absolute atomic E-state index is 0.238. The Morgan fingerprint density at radius 3 is 2.53 bits per heavy atom. The van der Waals surface area contributed by atoms with Crippen LogP contribution >= 0.6 is 11.6 Å². The second-order valence-electron chi connectivity index (χ2n) is 5.08. The predicted octanol–water partition coefficient (Wildman–Crippen LogP) is 4.97. The molecular formula is C16H26ClNO. The largest absolute Gasteiger partial charge is 0.491 e. The average Bonchev–Trinajstić information content (AvgIpc) is 2.36. The quantitative estimate of drug-likeness (QED) is 0.727. The topological polar surface area (TPSA) is 21.3 Å². The molecule has 1 aromatic rings. The van der Waals surface area contributed by atoms with Gasteiger partial charge in [-0.2, -0.15) is 0 Å². The van der Waals surface area contributed by atoms with Gasteiger partial charge in [-0.15, -0.1) is 0 Å². The number of ether oxygens (including phenoxy) is 1. The molecule has 108 valence electrons. The van der Waals surface area contributed by atoms with Crippen LogP contribution in [0.1, 0.15) is 58.6 Å². The molecule has 0 saturated heterocycles. The number of rotatable bonds is 8. The molecule has 1 aromatic carbocycles. The lowest BCUT2D eigenvalue weighted by molar-refractivity contribution is 0.210. The van der Waals surface area contributed by atoms with Crippen LogP contribution in [-0.2, 0) is 0 Å². The zero-order valence-corrected chi connectivity index (χ0v) is 13.3. The Morgan fingerprint density at radius 2 is 1.95 bits per heavy atom. The van der Waals surface area contributed by atoms with Crippen molar-refractivity contribution in [1.29, 1.82) is 0 Å². The third-order valence-corrected chi connectivity index (χ3v) is 3.50. The van der Waals surface area contributed by atoms with Crippen molar-refractivity contribution in [3.63, 3.8) is 0 Å². The van der Waals surface area contributed by atoms with Crippen LogP contribution < -0.4 is 10.1 Å². The normalized spacial score (nSPS) is 14.2. The maximum atomic E-state index is 6.34. The van der Waals surface area contributed by atoms with Crippen LogP contribution in [0.3, 0.4) is 0 Å². The second-order valence-corrected chi connectivity index (χ2v) is 5.48. The Morgan fingerprint density at radius 1 is 1.21 bits per heavy atom. The molecule has 0 aromatic heterocycles. The van der Waals surface area contributed by atoms with E-state index in [-0.39, 0.29) is 12.1 Å². The lowest BCUT2D eigenvalue weighted by Gasteiger charge is -2.18. The van der Waals surface area contributed by atoms with Crippen LogP contribution in [0.5, 0.6) is 5.75 Å². The molecule has 19 heavy (non-hydrogen) atoms. The first-order chi connectivity index (χ1) is 9.08. The zero-order chi connectivity index (χ0) is 14.3. The van der Waals surface area contributed by atoms with Crippen molar-refractivity contribution in [2.45, 2.75) is 59.1 Å². The van der Waals surface area contributed by atoms with Gasteiger partial charge in [0.05, 0.1) is 6.10 Å². The molecule has 1 rings (SSSR count). The van der Waals surface area contributed by atoms with Crippen LogP contribution in [0.25, 0.3) is 0 Å². The highest BCUT2D eigenvalue weighted by atomic mass is 35.5. The summed E-state index contributed by atoms with van der Waals surface area (Å²) in [4.78, 5) is 0. The van der Waals surface area contributed by atoms with Crippen LogP contribution in [-0.4, -0.2) is 12.6 Å². The molecule has 2 nitrogen and oxygen atoms in total. The number of hydrogen-bond donors (Lipinski definition) is 1. The van der Waals surface area contributed by atoms with E-state index in [0.717, 1.165) is 42.1 Å². The van der Waals surface area contributed by atoms with Gasteiger partial charge >= 0.3 is 0 Å². The van der Waals surface area contributed by atoms with E-state index in [9.17, 15) is 0 Å². The molecule has 1 N–H and O–H groups in total. The predicted molar refractivity (Wildman–Crippen MR) is 83.2 cm³/mol. The second kappa shape index (κ2) is 8.44. The molecule has 0 spiro atoms. The van der Waals surface area contributed by atoms with Crippen molar-refractivity contribution in [3.8, 4) is 5.75 Å². The van der Waals surface area contributed by atoms with Crippen molar-refractivity contribution < 1.29 is 4.74 Å². The molecule has 2 atom stereocenters. The summed E-state index contributed by atoms with van der Waals surface area (Å²) >= 11 is 6.34. The third kappa shape index (κ3) is 5.42. The van der Waals surface area contributed by atoms with E-state index in [1.54, 1.807) is 0 Å². The van der Waals surface area contributed by atoms with E-state index in [2.05, 4.69) is 39.1 Å². The molecule has 0 heterocycles. The van der Waals surface area contributed by atoms with E-state index in [4.69, 9.17) is 16.3 Å². The van der Waals surface area contributed by atoms with Crippen molar-refractivity contribution in [1.82, 2.24) is 5.32 Å². The van der Waals surface area contributed by atoms with Gasteiger partial charge in [-0.05, 0) is 50.9 Å². The average molecular weight is 284 g/mol. The first-order valence-corrected chi connectivity index (χ1v) is 7.65. The minimum Gasteiger partial charge on any atom is -0.491 e. The lowest BCUT2D eigenvalue weighted by Crippen LogP contribution is -2.19. The van der Waals surface area contributed by atoms with Gasteiger partial charge in [-0.3, -0.25) is 0 Å². The van der Waals surface area contributed by atoms with Gasteiger partial charge in [-0.25, -0.2) is 0 Å². The van der Waals surface area contributed by atoms with Gasteiger partial charge in [0.25, 0.3) is 0 Å². The van der Waals surface area contributed by atoms with E-state index in [1.807, 2.05) is 12.1 Å². The van der Waals surface area contributed by atoms with E-state index >= 15 is 0 Å². The van der Waals surface area contributed by atoms with Crippen molar-refractivity contribution >= 4 is 11.6 Å². The maximum Gasteiger partial charge on any atom is 0.121 e. The van der Waals surface area contributed by atoms with Crippen LogP contribution in [0, 0.1) is 0 Å². The third-order valence-electron chi connectivity index (χ3n) is 3.17. The summed E-state index contributed by atoms with van der Waals surface area (Å²) in [7, 11) is 0. The van der Waals surface area contributed by atoms with Crippen molar-refractivity contribution in [2.75, 3.05) is 6.54 Å². The van der Waals surface area contributed by atoms with Gasteiger partial charge < -0.3 is 10.1 Å². The van der Waals surface area contributed by atoms with Gasteiger partial charge in [0.2, 0.25) is 0 Å². The first-order valence-electron chi connectivity index (χ1n) is 7.27. The Balaban J connectivity index is 2.68. The van der Waals surface area contributed by atoms with Crippen LogP contribution in [0.15, 0.2) is 18.2 Å². The number of nitrogens with one attached hydrogen (secondary N) is 1. The van der Waals surface area contributed by atoms with Crippen LogP contribution in [0.4, 0.5) is 0 Å². The minimum atomic E-state index is 0.238. The molecule has 0 bridgehead atoms. The molecule has 0 saturated carbocycles. The smallest absolute Gasteiger partial charge is 0.121 e. The lowest BCUT2D eigenvalue weighted by atomic mass is 10.1. The summed E-state index contributed by atoms with van der Waals surface area (Å²) in [5.41, 5.74) is 1.13. The van der Waals surface area contributed by atoms with Gasteiger partial charge in [0, 0.05) is 11.1 Å². The number of benzene rings is 1. The Labute approximate surface area is 122 Å². The van der Waals surface area contributed by atoms with Crippen molar-refractivity contribution in [2.24, 2.45) is 0 Å². The molecular weight excluding hydrogens is 258 g/mol. The summed E-state index contributed by atoms with van der Waals surface area (Å²) in [6, 6.07) is 6.27. The summed E-state index contributed by atoms with van der Waals surface area (Å²) in [6.45, 7) is 9.56. The highest BCUT2D eigenvalue weighted by molar-refractivity contribution is 6.31. The van der Waals surface area contributed by atoms with Crippen molar-refractivity contribution in [3.05, 3.63) is 28.8 Å². The maximum absolute atomic E-state index is 6.34. The fourth-order valence-electron chi connectivity index (χ4n) is 2.10. The highest BCUT2D eigenvalue weighted by Crippen LogP contribution is 2.28. The SMILES string of the molecule is CCCNC(C)c1ccc(OC(C)CCC)cc1Cl. The Hall–Kier alpha value is -0.730. The summed E-state index contributed by atoms with van der Waals surface area (Å²) < 4.78 is 5.85. The molecule has 2 unspecified atom stereocenters. The Kier molecular flexibility index (Phi) is 7.25. The van der Waals surface area contributed by atoms with Gasteiger partial charge in [0.1, 0.15) is 5.75 Å². The van der Waals surface area contributed by atoms with Gasteiger partial charge in [-0.1, -0.05) is 37.9 Å². The monoisotopic (exact) mass is 283 g/mol. The molecule has 0 amide bonds. The number of halogens is 1. The summed E-state index contributed by atoms with van der Waals surface area (Å²) in [6.07, 6.45) is 3.55. The first kappa shape index (κ1) is 16.3. The highest BCUT2D eigenvalue weighted by Gasteiger charge is 2.11. The van der Waals surface area contributed by atoms with E-state index in [1.165, 1.54) is 0 Å². The zero-order valence-electron chi connectivity index (χ0n) is 12.5. The molecule has 0 aliphatic heterocycles. The summed E-state index contributed by atoms with van der Waals surface area (Å²) in [5, 5.41) is 4.22.